The molecule has 1 unspecified atom stereocenters. The average molecular weight is 283 g/mol. The van der Waals surface area contributed by atoms with E-state index in [0.717, 1.165) is 40.8 Å². The van der Waals surface area contributed by atoms with Gasteiger partial charge in [0, 0.05) is 31.6 Å². The highest BCUT2D eigenvalue weighted by Crippen LogP contribution is 2.24. The highest BCUT2D eigenvalue weighted by atomic mass is 15.3. The van der Waals surface area contributed by atoms with Crippen molar-refractivity contribution in [2.75, 3.05) is 0 Å². The van der Waals surface area contributed by atoms with Gasteiger partial charge in [0.25, 0.3) is 0 Å². The molecule has 0 aliphatic carbocycles. The molecule has 21 heavy (non-hydrogen) atoms. The summed E-state index contributed by atoms with van der Waals surface area (Å²) in [5, 5.41) is 10.2. The van der Waals surface area contributed by atoms with Crippen molar-refractivity contribution in [3.05, 3.63) is 47.4 Å². The van der Waals surface area contributed by atoms with Gasteiger partial charge in [-0.25, -0.2) is 0 Å². The summed E-state index contributed by atoms with van der Waals surface area (Å²) in [6.45, 7) is 2.11. The zero-order chi connectivity index (χ0) is 15.0. The van der Waals surface area contributed by atoms with Crippen LogP contribution in [-0.2, 0) is 26.9 Å². The first-order valence-electron chi connectivity index (χ1n) is 7.29. The average Bonchev–Trinajstić information content (AvgIpc) is 3.01. The molecule has 110 valence electrons. The summed E-state index contributed by atoms with van der Waals surface area (Å²) in [5.74, 6) is 0. The molecule has 0 aliphatic rings. The van der Waals surface area contributed by atoms with Crippen LogP contribution in [0.2, 0.25) is 0 Å². The van der Waals surface area contributed by atoms with Gasteiger partial charge in [-0.1, -0.05) is 25.1 Å². The molecular weight excluding hydrogens is 262 g/mol. The third-order valence-electron chi connectivity index (χ3n) is 3.96. The molecule has 2 heterocycles. The van der Waals surface area contributed by atoms with Crippen LogP contribution in [0.15, 0.2) is 30.3 Å². The Morgan fingerprint density at radius 3 is 2.62 bits per heavy atom. The molecule has 0 saturated heterocycles. The predicted octanol–water partition coefficient (Wildman–Crippen LogP) is 2.11. The number of aryl methyl sites for hydroxylation is 3. The van der Waals surface area contributed by atoms with Gasteiger partial charge in [-0.2, -0.15) is 10.2 Å². The Morgan fingerprint density at radius 2 is 1.90 bits per heavy atom. The number of fused-ring (bicyclic) bond motifs is 1. The number of hydrogen-bond acceptors (Lipinski definition) is 3. The van der Waals surface area contributed by atoms with Crippen LogP contribution in [0.3, 0.4) is 0 Å². The van der Waals surface area contributed by atoms with Crippen LogP contribution in [0.5, 0.6) is 0 Å². The first kappa shape index (κ1) is 13.8. The SMILES string of the molecule is CCc1cc(CC(N)c2nn(C)c3ccccc23)n(C)n1. The summed E-state index contributed by atoms with van der Waals surface area (Å²) in [4.78, 5) is 0. The highest BCUT2D eigenvalue weighted by Gasteiger charge is 2.17. The Labute approximate surface area is 124 Å². The Morgan fingerprint density at radius 1 is 1.14 bits per heavy atom. The fraction of sp³-hybridized carbons (Fsp3) is 0.375. The zero-order valence-corrected chi connectivity index (χ0v) is 12.7. The fourth-order valence-corrected chi connectivity index (χ4v) is 2.77. The lowest BCUT2D eigenvalue weighted by Crippen LogP contribution is -2.16. The van der Waals surface area contributed by atoms with E-state index in [-0.39, 0.29) is 6.04 Å². The number of aromatic nitrogens is 4. The standard InChI is InChI=1S/C16H21N5/c1-4-11-9-12(20(2)18-11)10-14(17)16-13-7-5-6-8-15(13)21(3)19-16/h5-9,14H,4,10,17H2,1-3H3. The molecule has 3 aromatic rings. The maximum Gasteiger partial charge on any atom is 0.0874 e. The fourth-order valence-electron chi connectivity index (χ4n) is 2.77. The van der Waals surface area contributed by atoms with Crippen LogP contribution < -0.4 is 5.73 Å². The third kappa shape index (κ3) is 2.45. The molecule has 5 heteroatoms. The molecule has 2 N–H and O–H groups in total. The second-order valence-electron chi connectivity index (χ2n) is 5.44. The minimum Gasteiger partial charge on any atom is -0.322 e. The van der Waals surface area contributed by atoms with Crippen molar-refractivity contribution in [2.24, 2.45) is 19.8 Å². The third-order valence-corrected chi connectivity index (χ3v) is 3.96. The summed E-state index contributed by atoms with van der Waals surface area (Å²) in [7, 11) is 3.93. The first-order chi connectivity index (χ1) is 10.1. The smallest absolute Gasteiger partial charge is 0.0874 e. The van der Waals surface area contributed by atoms with Gasteiger partial charge in [-0.15, -0.1) is 0 Å². The van der Waals surface area contributed by atoms with Crippen molar-refractivity contribution < 1.29 is 0 Å². The van der Waals surface area contributed by atoms with E-state index < -0.39 is 0 Å². The quantitative estimate of drug-likeness (QED) is 0.797. The normalized spacial score (nSPS) is 13.0. The maximum atomic E-state index is 6.41. The molecule has 0 fully saturated rings. The van der Waals surface area contributed by atoms with E-state index in [9.17, 15) is 0 Å². The van der Waals surface area contributed by atoms with Crippen molar-refractivity contribution >= 4 is 10.9 Å². The van der Waals surface area contributed by atoms with Gasteiger partial charge in [-0.05, 0) is 18.6 Å². The molecule has 0 aliphatic heterocycles. The maximum absolute atomic E-state index is 6.41. The van der Waals surface area contributed by atoms with E-state index in [1.807, 2.05) is 35.6 Å². The van der Waals surface area contributed by atoms with E-state index in [0.29, 0.717) is 0 Å². The highest BCUT2D eigenvalue weighted by molar-refractivity contribution is 5.82. The topological polar surface area (TPSA) is 61.7 Å². The summed E-state index contributed by atoms with van der Waals surface area (Å²) in [6.07, 6.45) is 1.68. The molecule has 5 nitrogen and oxygen atoms in total. The Bertz CT molecular complexity index is 768. The Hall–Kier alpha value is -2.14. The molecular formula is C16H21N5. The lowest BCUT2D eigenvalue weighted by Gasteiger charge is -2.09. The second-order valence-corrected chi connectivity index (χ2v) is 5.44. The van der Waals surface area contributed by atoms with E-state index in [4.69, 9.17) is 5.73 Å². The molecule has 1 aromatic carbocycles. The van der Waals surface area contributed by atoms with Crippen molar-refractivity contribution in [3.8, 4) is 0 Å². The van der Waals surface area contributed by atoms with Crippen molar-refractivity contribution in [1.82, 2.24) is 19.6 Å². The van der Waals surface area contributed by atoms with E-state index in [1.165, 1.54) is 0 Å². The van der Waals surface area contributed by atoms with Gasteiger partial charge < -0.3 is 5.73 Å². The van der Waals surface area contributed by atoms with Crippen LogP contribution in [0.4, 0.5) is 0 Å². The zero-order valence-electron chi connectivity index (χ0n) is 12.7. The van der Waals surface area contributed by atoms with Crippen LogP contribution in [-0.4, -0.2) is 19.6 Å². The lowest BCUT2D eigenvalue weighted by atomic mass is 10.0. The van der Waals surface area contributed by atoms with E-state index in [2.05, 4.69) is 35.3 Å². The molecule has 0 radical (unpaired) electrons. The van der Waals surface area contributed by atoms with Gasteiger partial charge in [0.15, 0.2) is 0 Å². The minimum absolute atomic E-state index is 0.129. The summed E-state index contributed by atoms with van der Waals surface area (Å²) in [6, 6.07) is 10.2. The van der Waals surface area contributed by atoms with Crippen LogP contribution >= 0.6 is 0 Å². The van der Waals surface area contributed by atoms with Crippen molar-refractivity contribution in [3.63, 3.8) is 0 Å². The van der Waals surface area contributed by atoms with Crippen LogP contribution in [0, 0.1) is 0 Å². The van der Waals surface area contributed by atoms with E-state index in [1.54, 1.807) is 0 Å². The number of para-hydroxylation sites is 1. The van der Waals surface area contributed by atoms with Gasteiger partial charge in [-0.3, -0.25) is 9.36 Å². The molecule has 0 bridgehead atoms. The summed E-state index contributed by atoms with van der Waals surface area (Å²) in [5.41, 5.74) is 10.7. The Kier molecular flexibility index (Phi) is 3.51. The first-order valence-corrected chi connectivity index (χ1v) is 7.29. The molecule has 3 rings (SSSR count). The number of nitrogens with zero attached hydrogens (tertiary/aromatic N) is 4. The minimum atomic E-state index is -0.129. The van der Waals surface area contributed by atoms with Crippen LogP contribution in [0.25, 0.3) is 10.9 Å². The van der Waals surface area contributed by atoms with Crippen molar-refractivity contribution in [2.45, 2.75) is 25.8 Å². The van der Waals surface area contributed by atoms with E-state index >= 15 is 0 Å². The molecule has 2 aromatic heterocycles. The van der Waals surface area contributed by atoms with Gasteiger partial charge >= 0.3 is 0 Å². The molecule has 0 saturated carbocycles. The number of hydrogen-bond donors (Lipinski definition) is 1. The summed E-state index contributed by atoms with van der Waals surface area (Å²) < 4.78 is 3.81. The largest absolute Gasteiger partial charge is 0.322 e. The predicted molar refractivity (Wildman–Crippen MR) is 83.9 cm³/mol. The van der Waals surface area contributed by atoms with Gasteiger partial charge in [0.1, 0.15) is 0 Å². The monoisotopic (exact) mass is 283 g/mol. The van der Waals surface area contributed by atoms with Gasteiger partial charge in [0.2, 0.25) is 0 Å². The Balaban J connectivity index is 1.93. The van der Waals surface area contributed by atoms with Gasteiger partial charge in [0.05, 0.1) is 22.9 Å². The molecule has 0 amide bonds. The number of nitrogens with two attached hydrogens (primary N) is 1. The second kappa shape index (κ2) is 5.33. The molecule has 1 atom stereocenters. The number of benzene rings is 1. The van der Waals surface area contributed by atoms with Crippen molar-refractivity contribution in [1.29, 1.82) is 0 Å². The van der Waals surface area contributed by atoms with Crippen LogP contribution in [0.1, 0.15) is 30.0 Å². The summed E-state index contributed by atoms with van der Waals surface area (Å²) >= 11 is 0. The number of rotatable bonds is 4. The molecule has 0 spiro atoms. The lowest BCUT2D eigenvalue weighted by molar-refractivity contribution is 0.617.